The van der Waals surface area contributed by atoms with Crippen LogP contribution < -0.4 is 0 Å². The summed E-state index contributed by atoms with van der Waals surface area (Å²) in [5, 5.41) is 10.1. The molecule has 0 radical (unpaired) electrons. The molecule has 0 aliphatic carbocycles. The Morgan fingerprint density at radius 2 is 2.00 bits per heavy atom. The lowest BCUT2D eigenvalue weighted by Gasteiger charge is -2.11. The van der Waals surface area contributed by atoms with Crippen molar-refractivity contribution in [1.82, 2.24) is 4.98 Å². The molecule has 1 heterocycles. The minimum absolute atomic E-state index is 0.304. The topological polar surface area (TPSA) is 33.1 Å². The highest BCUT2D eigenvalue weighted by molar-refractivity contribution is 9.10. The van der Waals surface area contributed by atoms with E-state index in [1.54, 1.807) is 18.3 Å². The standard InChI is InChI=1S/C13H10Br2FNO/c14-9-2-4-12(17-7-9)13(18)5-8-1-3-10(16)6-11(8)15/h1-4,6-7,13,18H,5H2. The summed E-state index contributed by atoms with van der Waals surface area (Å²) in [4.78, 5) is 4.14. The summed E-state index contributed by atoms with van der Waals surface area (Å²) < 4.78 is 14.5. The van der Waals surface area contributed by atoms with Gasteiger partial charge in [0.1, 0.15) is 5.82 Å². The maximum Gasteiger partial charge on any atom is 0.124 e. The van der Waals surface area contributed by atoms with Crippen molar-refractivity contribution in [3.63, 3.8) is 0 Å². The van der Waals surface area contributed by atoms with Crippen molar-refractivity contribution in [2.24, 2.45) is 0 Å². The molecule has 94 valence electrons. The van der Waals surface area contributed by atoms with Gasteiger partial charge in [0, 0.05) is 21.6 Å². The van der Waals surface area contributed by atoms with Crippen LogP contribution in [0.4, 0.5) is 4.39 Å². The van der Waals surface area contributed by atoms with Gasteiger partial charge in [0.15, 0.2) is 0 Å². The van der Waals surface area contributed by atoms with Crippen LogP contribution in [0.1, 0.15) is 17.4 Å². The number of halogens is 3. The van der Waals surface area contributed by atoms with Crippen LogP contribution in [0.15, 0.2) is 45.5 Å². The van der Waals surface area contributed by atoms with Crippen molar-refractivity contribution < 1.29 is 9.50 Å². The summed E-state index contributed by atoms with van der Waals surface area (Å²) in [7, 11) is 0. The molecule has 0 bridgehead atoms. The number of pyridine rings is 1. The van der Waals surface area contributed by atoms with E-state index in [1.165, 1.54) is 12.1 Å². The Morgan fingerprint density at radius 1 is 1.22 bits per heavy atom. The maximum atomic E-state index is 12.9. The first-order valence-corrected chi connectivity index (χ1v) is 6.88. The van der Waals surface area contributed by atoms with E-state index in [1.807, 2.05) is 6.07 Å². The first-order chi connectivity index (χ1) is 8.56. The van der Waals surface area contributed by atoms with Crippen LogP contribution in [0, 0.1) is 5.82 Å². The fraction of sp³-hybridized carbons (Fsp3) is 0.154. The van der Waals surface area contributed by atoms with Crippen molar-refractivity contribution in [2.75, 3.05) is 0 Å². The lowest BCUT2D eigenvalue weighted by molar-refractivity contribution is 0.173. The lowest BCUT2D eigenvalue weighted by atomic mass is 10.1. The van der Waals surface area contributed by atoms with Crippen molar-refractivity contribution in [3.8, 4) is 0 Å². The second-order valence-corrected chi connectivity index (χ2v) is 5.63. The predicted octanol–water partition coefficient (Wildman–Crippen LogP) is 4.02. The molecule has 1 aromatic heterocycles. The van der Waals surface area contributed by atoms with Gasteiger partial charge in [-0.2, -0.15) is 0 Å². The average molecular weight is 375 g/mol. The summed E-state index contributed by atoms with van der Waals surface area (Å²) in [5.74, 6) is -0.304. The maximum absolute atomic E-state index is 12.9. The molecule has 1 N–H and O–H groups in total. The third kappa shape index (κ3) is 3.37. The molecule has 2 rings (SSSR count). The molecule has 0 spiro atoms. The van der Waals surface area contributed by atoms with Crippen LogP contribution in [0.25, 0.3) is 0 Å². The highest BCUT2D eigenvalue weighted by atomic mass is 79.9. The van der Waals surface area contributed by atoms with E-state index in [2.05, 4.69) is 36.8 Å². The summed E-state index contributed by atoms with van der Waals surface area (Å²) >= 11 is 6.57. The normalized spacial score (nSPS) is 12.4. The number of hydrogen-bond acceptors (Lipinski definition) is 2. The molecule has 0 aliphatic heterocycles. The van der Waals surface area contributed by atoms with E-state index < -0.39 is 6.10 Å². The summed E-state index contributed by atoms with van der Waals surface area (Å²) in [5.41, 5.74) is 1.43. The Bertz CT molecular complexity index is 545. The van der Waals surface area contributed by atoms with Crippen molar-refractivity contribution in [2.45, 2.75) is 12.5 Å². The molecule has 0 saturated heterocycles. The first kappa shape index (κ1) is 13.6. The van der Waals surface area contributed by atoms with Crippen molar-refractivity contribution in [3.05, 3.63) is 62.5 Å². The van der Waals surface area contributed by atoms with E-state index in [0.29, 0.717) is 16.6 Å². The molecule has 0 fully saturated rings. The van der Waals surface area contributed by atoms with Crippen LogP contribution in [-0.4, -0.2) is 10.1 Å². The summed E-state index contributed by atoms with van der Waals surface area (Å²) in [6.07, 6.45) is 1.31. The number of rotatable bonds is 3. The molecular weight excluding hydrogens is 365 g/mol. The second-order valence-electron chi connectivity index (χ2n) is 3.86. The third-order valence-corrected chi connectivity index (χ3v) is 3.73. The smallest absolute Gasteiger partial charge is 0.124 e. The Hall–Kier alpha value is -0.780. The molecule has 0 amide bonds. The highest BCUT2D eigenvalue weighted by Crippen LogP contribution is 2.24. The molecule has 0 aliphatic rings. The highest BCUT2D eigenvalue weighted by Gasteiger charge is 2.12. The van der Waals surface area contributed by atoms with E-state index in [0.717, 1.165) is 10.0 Å². The van der Waals surface area contributed by atoms with Crippen molar-refractivity contribution >= 4 is 31.9 Å². The van der Waals surface area contributed by atoms with Gasteiger partial charge in [0.2, 0.25) is 0 Å². The van der Waals surface area contributed by atoms with Crippen LogP contribution in [0.5, 0.6) is 0 Å². The number of aromatic nitrogens is 1. The molecule has 2 nitrogen and oxygen atoms in total. The minimum atomic E-state index is -0.708. The van der Waals surface area contributed by atoms with Gasteiger partial charge in [-0.05, 0) is 45.8 Å². The third-order valence-electron chi connectivity index (χ3n) is 2.52. The van der Waals surface area contributed by atoms with E-state index >= 15 is 0 Å². The van der Waals surface area contributed by atoms with Crippen LogP contribution >= 0.6 is 31.9 Å². The average Bonchev–Trinajstić information content (AvgIpc) is 2.33. The Morgan fingerprint density at radius 3 is 2.61 bits per heavy atom. The first-order valence-electron chi connectivity index (χ1n) is 5.29. The fourth-order valence-corrected chi connectivity index (χ4v) is 2.33. The number of hydrogen-bond donors (Lipinski definition) is 1. The van der Waals surface area contributed by atoms with Gasteiger partial charge in [-0.25, -0.2) is 4.39 Å². The molecule has 18 heavy (non-hydrogen) atoms. The quantitative estimate of drug-likeness (QED) is 0.880. The fourth-order valence-electron chi connectivity index (χ4n) is 1.58. The van der Waals surface area contributed by atoms with E-state index in [9.17, 15) is 9.50 Å². The number of aliphatic hydroxyl groups excluding tert-OH is 1. The number of benzene rings is 1. The Kier molecular flexibility index (Phi) is 4.48. The monoisotopic (exact) mass is 373 g/mol. The van der Waals surface area contributed by atoms with Gasteiger partial charge in [0.05, 0.1) is 11.8 Å². The van der Waals surface area contributed by atoms with E-state index in [4.69, 9.17) is 0 Å². The summed E-state index contributed by atoms with van der Waals surface area (Å²) in [6.45, 7) is 0. The molecule has 1 aromatic carbocycles. The Balaban J connectivity index is 2.15. The zero-order valence-electron chi connectivity index (χ0n) is 9.28. The van der Waals surface area contributed by atoms with Gasteiger partial charge in [-0.1, -0.05) is 22.0 Å². The van der Waals surface area contributed by atoms with Gasteiger partial charge in [-0.3, -0.25) is 4.98 Å². The van der Waals surface area contributed by atoms with Gasteiger partial charge in [0.25, 0.3) is 0 Å². The predicted molar refractivity (Wildman–Crippen MR) is 74.7 cm³/mol. The SMILES string of the molecule is OC(Cc1ccc(F)cc1Br)c1ccc(Br)cn1. The van der Waals surface area contributed by atoms with Gasteiger partial charge < -0.3 is 5.11 Å². The molecule has 1 atom stereocenters. The molecule has 1 unspecified atom stereocenters. The van der Waals surface area contributed by atoms with Gasteiger partial charge >= 0.3 is 0 Å². The van der Waals surface area contributed by atoms with E-state index in [-0.39, 0.29) is 5.82 Å². The number of aliphatic hydroxyl groups is 1. The molecule has 0 saturated carbocycles. The molecule has 2 aromatic rings. The largest absolute Gasteiger partial charge is 0.386 e. The second kappa shape index (κ2) is 5.91. The molecule has 5 heteroatoms. The zero-order valence-corrected chi connectivity index (χ0v) is 12.4. The minimum Gasteiger partial charge on any atom is -0.386 e. The number of nitrogens with zero attached hydrogens (tertiary/aromatic N) is 1. The van der Waals surface area contributed by atoms with Crippen LogP contribution in [-0.2, 0) is 6.42 Å². The lowest BCUT2D eigenvalue weighted by Crippen LogP contribution is -2.04. The van der Waals surface area contributed by atoms with Crippen LogP contribution in [0.3, 0.4) is 0 Å². The van der Waals surface area contributed by atoms with Gasteiger partial charge in [-0.15, -0.1) is 0 Å². The Labute approximate surface area is 121 Å². The van der Waals surface area contributed by atoms with Crippen LogP contribution in [0.2, 0.25) is 0 Å². The van der Waals surface area contributed by atoms with Crippen molar-refractivity contribution in [1.29, 1.82) is 0 Å². The molecular formula is C13H10Br2FNO. The zero-order chi connectivity index (χ0) is 13.1. The summed E-state index contributed by atoms with van der Waals surface area (Å²) in [6, 6.07) is 8.00.